The molecule has 1 fully saturated rings. The molecule has 0 aromatic heterocycles. The molecule has 0 aliphatic carbocycles. The second-order valence-corrected chi connectivity index (χ2v) is 4.03. The summed E-state index contributed by atoms with van der Waals surface area (Å²) in [6.07, 6.45) is 0.976. The van der Waals surface area contributed by atoms with Crippen molar-refractivity contribution in [2.24, 2.45) is 5.73 Å². The van der Waals surface area contributed by atoms with Crippen LogP contribution in [-0.2, 0) is 6.54 Å². The molecular weight excluding hydrogens is 269 g/mol. The number of benzene rings is 1. The van der Waals surface area contributed by atoms with Crippen LogP contribution in [0, 0.1) is 11.6 Å². The molecule has 1 heterocycles. The van der Waals surface area contributed by atoms with Gasteiger partial charge >= 0.3 is 0 Å². The molecule has 0 amide bonds. The molecule has 1 aromatic rings. The Morgan fingerprint density at radius 2 is 1.94 bits per heavy atom. The van der Waals surface area contributed by atoms with E-state index in [0.29, 0.717) is 6.54 Å². The van der Waals surface area contributed by atoms with Crippen LogP contribution in [0.4, 0.5) is 8.78 Å². The van der Waals surface area contributed by atoms with Gasteiger partial charge in [0.2, 0.25) is 0 Å². The molecule has 1 aliphatic heterocycles. The molecule has 6 heteroatoms. The first-order valence-corrected chi connectivity index (χ1v) is 5.07. The Kier molecular flexibility index (Phi) is 6.94. The number of nitrogens with two attached hydrogens (primary N) is 1. The van der Waals surface area contributed by atoms with E-state index in [9.17, 15) is 8.78 Å². The lowest BCUT2D eigenvalue weighted by Crippen LogP contribution is -2.26. The van der Waals surface area contributed by atoms with E-state index in [-0.39, 0.29) is 30.9 Å². The van der Waals surface area contributed by atoms with Crippen molar-refractivity contribution in [3.8, 4) is 0 Å². The van der Waals surface area contributed by atoms with Gasteiger partial charge in [0.25, 0.3) is 0 Å². The maximum atomic E-state index is 12.9. The predicted molar refractivity (Wildman–Crippen MR) is 68.7 cm³/mol. The number of hydrogen-bond acceptors (Lipinski definition) is 2. The fraction of sp³-hybridized carbons (Fsp3) is 0.455. The quantitative estimate of drug-likeness (QED) is 0.903. The van der Waals surface area contributed by atoms with E-state index >= 15 is 0 Å². The van der Waals surface area contributed by atoms with Crippen molar-refractivity contribution in [3.63, 3.8) is 0 Å². The minimum atomic E-state index is -0.795. The summed E-state index contributed by atoms with van der Waals surface area (Å²) in [5.41, 5.74) is 6.55. The lowest BCUT2D eigenvalue weighted by Gasteiger charge is -2.14. The van der Waals surface area contributed by atoms with E-state index in [1.165, 1.54) is 12.1 Å². The van der Waals surface area contributed by atoms with Crippen molar-refractivity contribution >= 4 is 24.8 Å². The van der Waals surface area contributed by atoms with E-state index < -0.39 is 11.6 Å². The van der Waals surface area contributed by atoms with Crippen molar-refractivity contribution in [2.45, 2.75) is 19.0 Å². The minimum Gasteiger partial charge on any atom is -0.326 e. The van der Waals surface area contributed by atoms with Crippen LogP contribution < -0.4 is 5.73 Å². The molecular formula is C11H16Cl2F2N2. The largest absolute Gasteiger partial charge is 0.326 e. The van der Waals surface area contributed by atoms with Crippen molar-refractivity contribution in [1.29, 1.82) is 0 Å². The average molecular weight is 285 g/mol. The van der Waals surface area contributed by atoms with Crippen molar-refractivity contribution in [1.82, 2.24) is 4.90 Å². The first-order valence-electron chi connectivity index (χ1n) is 5.07. The molecule has 98 valence electrons. The van der Waals surface area contributed by atoms with Crippen LogP contribution in [0.5, 0.6) is 0 Å². The van der Waals surface area contributed by atoms with Gasteiger partial charge in [0, 0.05) is 25.7 Å². The zero-order valence-electron chi connectivity index (χ0n) is 9.23. The molecule has 0 unspecified atom stereocenters. The van der Waals surface area contributed by atoms with E-state index in [1.807, 2.05) is 0 Å². The number of rotatable bonds is 2. The predicted octanol–water partition coefficient (Wildman–Crippen LogP) is 2.34. The summed E-state index contributed by atoms with van der Waals surface area (Å²) in [6.45, 7) is 2.41. The molecule has 17 heavy (non-hydrogen) atoms. The van der Waals surface area contributed by atoms with Gasteiger partial charge in [-0.25, -0.2) is 8.78 Å². The van der Waals surface area contributed by atoms with Gasteiger partial charge in [-0.3, -0.25) is 4.90 Å². The average Bonchev–Trinajstić information content (AvgIpc) is 2.58. The van der Waals surface area contributed by atoms with Crippen LogP contribution in [-0.4, -0.2) is 24.0 Å². The summed E-state index contributed by atoms with van der Waals surface area (Å²) < 4.78 is 25.6. The molecule has 2 N–H and O–H groups in total. The van der Waals surface area contributed by atoms with Crippen LogP contribution in [0.15, 0.2) is 18.2 Å². The number of hydrogen-bond donors (Lipinski definition) is 1. The maximum Gasteiger partial charge on any atom is 0.159 e. The SMILES string of the molecule is Cl.Cl.N[C@H]1CCN(Cc2ccc(F)c(F)c2)C1. The molecule has 0 bridgehead atoms. The number of nitrogens with zero attached hydrogens (tertiary/aromatic N) is 1. The fourth-order valence-corrected chi connectivity index (χ4v) is 1.90. The van der Waals surface area contributed by atoms with Crippen molar-refractivity contribution in [2.75, 3.05) is 13.1 Å². The zero-order valence-corrected chi connectivity index (χ0v) is 10.9. The normalized spacial score (nSPS) is 19.6. The Hall–Kier alpha value is -0.420. The second kappa shape index (κ2) is 7.11. The van der Waals surface area contributed by atoms with E-state index in [0.717, 1.165) is 25.1 Å². The van der Waals surface area contributed by atoms with Gasteiger partial charge in [0.1, 0.15) is 0 Å². The van der Waals surface area contributed by atoms with Gasteiger partial charge in [0.15, 0.2) is 11.6 Å². The van der Waals surface area contributed by atoms with Crippen LogP contribution in [0.1, 0.15) is 12.0 Å². The van der Waals surface area contributed by atoms with Gasteiger partial charge in [-0.15, -0.1) is 24.8 Å². The van der Waals surface area contributed by atoms with Crippen molar-refractivity contribution < 1.29 is 8.78 Å². The number of halogens is 4. The van der Waals surface area contributed by atoms with E-state index in [1.54, 1.807) is 6.07 Å². The topological polar surface area (TPSA) is 29.3 Å². The second-order valence-electron chi connectivity index (χ2n) is 4.03. The zero-order chi connectivity index (χ0) is 10.8. The van der Waals surface area contributed by atoms with Crippen LogP contribution >= 0.6 is 24.8 Å². The van der Waals surface area contributed by atoms with Gasteiger partial charge in [-0.1, -0.05) is 6.07 Å². The van der Waals surface area contributed by atoms with Crippen molar-refractivity contribution in [3.05, 3.63) is 35.4 Å². The standard InChI is InChI=1S/C11H14F2N2.2ClH/c12-10-2-1-8(5-11(10)13)6-15-4-3-9(14)7-15;;/h1-2,5,9H,3-4,6-7,14H2;2*1H/t9-;;/m0../s1. The minimum absolute atomic E-state index is 0. The Labute approximate surface area is 112 Å². The Balaban J connectivity index is 0.00000128. The summed E-state index contributed by atoms with van der Waals surface area (Å²) >= 11 is 0. The lowest BCUT2D eigenvalue weighted by molar-refractivity contribution is 0.326. The molecule has 1 aromatic carbocycles. The first kappa shape index (κ1) is 16.6. The van der Waals surface area contributed by atoms with Crippen LogP contribution in [0.25, 0.3) is 0 Å². The summed E-state index contributed by atoms with van der Waals surface area (Å²) in [5.74, 6) is -1.58. The lowest BCUT2D eigenvalue weighted by atomic mass is 10.2. The highest BCUT2D eigenvalue weighted by atomic mass is 35.5. The Morgan fingerprint density at radius 1 is 1.24 bits per heavy atom. The smallest absolute Gasteiger partial charge is 0.159 e. The first-order chi connectivity index (χ1) is 7.15. The molecule has 0 radical (unpaired) electrons. The summed E-state index contributed by atoms with van der Waals surface area (Å²) in [7, 11) is 0. The highest BCUT2D eigenvalue weighted by Crippen LogP contribution is 2.14. The molecule has 1 saturated heterocycles. The summed E-state index contributed by atoms with van der Waals surface area (Å²) in [5, 5.41) is 0. The third-order valence-electron chi connectivity index (χ3n) is 2.70. The molecule has 1 aliphatic rings. The Morgan fingerprint density at radius 3 is 2.47 bits per heavy atom. The highest BCUT2D eigenvalue weighted by molar-refractivity contribution is 5.85. The molecule has 0 saturated carbocycles. The summed E-state index contributed by atoms with van der Waals surface area (Å²) in [4.78, 5) is 2.15. The van der Waals surface area contributed by atoms with Crippen LogP contribution in [0.2, 0.25) is 0 Å². The fourth-order valence-electron chi connectivity index (χ4n) is 1.90. The number of likely N-dealkylation sites (tertiary alicyclic amines) is 1. The van der Waals surface area contributed by atoms with Gasteiger partial charge in [0.05, 0.1) is 0 Å². The van der Waals surface area contributed by atoms with Gasteiger partial charge in [-0.05, 0) is 24.1 Å². The van der Waals surface area contributed by atoms with E-state index in [4.69, 9.17) is 5.73 Å². The Bertz CT molecular complexity index is 363. The third-order valence-corrected chi connectivity index (χ3v) is 2.70. The summed E-state index contributed by atoms with van der Waals surface area (Å²) in [6, 6.07) is 4.25. The maximum absolute atomic E-state index is 12.9. The third kappa shape index (κ3) is 4.39. The van der Waals surface area contributed by atoms with Crippen LogP contribution in [0.3, 0.4) is 0 Å². The highest BCUT2D eigenvalue weighted by Gasteiger charge is 2.19. The van der Waals surface area contributed by atoms with Gasteiger partial charge < -0.3 is 5.73 Å². The molecule has 1 atom stereocenters. The monoisotopic (exact) mass is 284 g/mol. The molecule has 0 spiro atoms. The van der Waals surface area contributed by atoms with Gasteiger partial charge in [-0.2, -0.15) is 0 Å². The molecule has 2 nitrogen and oxygen atoms in total. The molecule has 2 rings (SSSR count). The van der Waals surface area contributed by atoms with E-state index in [2.05, 4.69) is 4.90 Å².